The number of amides is 1. The van der Waals surface area contributed by atoms with E-state index >= 15 is 0 Å². The first-order chi connectivity index (χ1) is 20.3. The summed E-state index contributed by atoms with van der Waals surface area (Å²) in [6, 6.07) is 12.8. The number of benzene rings is 2. The molecule has 0 aliphatic rings. The number of carbonyl (C=O) groups is 2. The van der Waals surface area contributed by atoms with E-state index in [1.807, 2.05) is 20.8 Å². The second kappa shape index (κ2) is 18.9. The summed E-state index contributed by atoms with van der Waals surface area (Å²) in [5, 5.41) is 2.68. The van der Waals surface area contributed by atoms with E-state index in [2.05, 4.69) is 9.97 Å². The lowest BCUT2D eigenvalue weighted by Gasteiger charge is -2.28. The highest BCUT2D eigenvalue weighted by Gasteiger charge is 2.39. The minimum Gasteiger partial charge on any atom is -0.505 e. The fraction of sp³-hybridized carbons (Fsp3) is 0.429. The van der Waals surface area contributed by atoms with E-state index in [1.165, 1.54) is 31.4 Å². The lowest BCUT2D eigenvalue weighted by atomic mass is 10.1. The van der Waals surface area contributed by atoms with Gasteiger partial charge in [-0.15, -0.1) is 0 Å². The third-order valence-corrected chi connectivity index (χ3v) is 8.75. The summed E-state index contributed by atoms with van der Waals surface area (Å²) >= 11 is 0. The zero-order valence-electron chi connectivity index (χ0n) is 24.4. The predicted molar refractivity (Wildman–Crippen MR) is 156 cm³/mol. The van der Waals surface area contributed by atoms with Crippen LogP contribution in [-0.4, -0.2) is 74.8 Å². The van der Waals surface area contributed by atoms with Gasteiger partial charge in [0.15, 0.2) is 5.78 Å². The molecule has 42 heavy (non-hydrogen) atoms. The molecule has 0 saturated carbocycles. The average Bonchev–Trinajstić information content (AvgIpc) is 2.98. The summed E-state index contributed by atoms with van der Waals surface area (Å²) in [5.41, 5.74) is 0.539. The van der Waals surface area contributed by atoms with Gasteiger partial charge >= 0.3 is 22.4 Å². The van der Waals surface area contributed by atoms with Gasteiger partial charge < -0.3 is 37.5 Å². The monoisotopic (exact) mass is 609 g/mol. The quantitative estimate of drug-likeness (QED) is 0.0694. The molecule has 0 aliphatic carbocycles. The molecule has 1 N–H and O–H groups in total. The first kappa shape index (κ1) is 34.7. The third-order valence-electron chi connectivity index (χ3n) is 5.60. The summed E-state index contributed by atoms with van der Waals surface area (Å²) in [5.74, 6) is 0.164. The minimum absolute atomic E-state index is 0.000959. The van der Waals surface area contributed by atoms with E-state index in [-0.39, 0.29) is 24.5 Å². The van der Waals surface area contributed by atoms with Crippen LogP contribution < -0.4 is 14.8 Å². The van der Waals surface area contributed by atoms with Crippen molar-refractivity contribution in [1.82, 2.24) is 5.32 Å². The minimum atomic E-state index is -3.10. The van der Waals surface area contributed by atoms with Gasteiger partial charge in [-0.3, -0.25) is 4.79 Å². The molecular formula is C28H38BF2NO9Si. The maximum atomic E-state index is 13.0. The van der Waals surface area contributed by atoms with Gasteiger partial charge in [0, 0.05) is 49.6 Å². The molecule has 0 bridgehead atoms. The number of alkyl carbamates (subject to hydrolysis) is 1. The normalized spacial score (nSPS) is 11.5. The van der Waals surface area contributed by atoms with Crippen LogP contribution in [0.15, 0.2) is 54.6 Å². The van der Waals surface area contributed by atoms with E-state index in [1.54, 1.807) is 24.3 Å². The Labute approximate surface area is 246 Å². The SMILES string of the molecule is CCO[Si](CCCNC(=O)OCCOc1ccc(C(=O)/C=C(\OB(F)F)c2ccc(OC)cc2)cc1)(OCC)OCC. The van der Waals surface area contributed by atoms with Crippen LogP contribution in [-0.2, 0) is 22.7 Å². The van der Waals surface area contributed by atoms with E-state index in [9.17, 15) is 18.2 Å². The molecule has 230 valence electrons. The van der Waals surface area contributed by atoms with Crippen LogP contribution in [0.3, 0.4) is 0 Å². The van der Waals surface area contributed by atoms with Crippen molar-refractivity contribution >= 4 is 33.9 Å². The van der Waals surface area contributed by atoms with E-state index in [0.717, 1.165) is 6.08 Å². The van der Waals surface area contributed by atoms with Gasteiger partial charge in [-0.05, 0) is 75.7 Å². The zero-order valence-corrected chi connectivity index (χ0v) is 25.4. The lowest BCUT2D eigenvalue weighted by molar-refractivity contribution is 0.0706. The number of hydrogen-bond acceptors (Lipinski definition) is 9. The van der Waals surface area contributed by atoms with Gasteiger partial charge in [-0.25, -0.2) is 13.4 Å². The standard InChI is InChI=1S/C28H38BF2NO9Si/c1-5-38-42(39-6-2,40-7-3)20-8-17-32-28(34)37-19-18-36-25-15-9-22(10-16-25)26(33)21-27(41-29(30)31)23-11-13-24(35-4)14-12-23/h9-16,21H,5-8,17-20H2,1-4H3,(H,32,34)/b27-21-. The fourth-order valence-corrected chi connectivity index (χ4v) is 6.41. The van der Waals surface area contributed by atoms with Gasteiger partial charge in [-0.1, -0.05) is 0 Å². The molecule has 2 rings (SSSR count). The molecule has 0 heterocycles. The molecule has 1 amide bonds. The van der Waals surface area contributed by atoms with Crippen LogP contribution in [0.1, 0.15) is 43.1 Å². The first-order valence-electron chi connectivity index (χ1n) is 13.7. The molecule has 0 aromatic heterocycles. The zero-order chi connectivity index (χ0) is 30.8. The maximum Gasteiger partial charge on any atom is 0.796 e. The van der Waals surface area contributed by atoms with Crippen molar-refractivity contribution in [2.45, 2.75) is 33.2 Å². The molecule has 0 aliphatic heterocycles. The van der Waals surface area contributed by atoms with Gasteiger partial charge in [0.25, 0.3) is 0 Å². The largest absolute Gasteiger partial charge is 0.796 e. The van der Waals surface area contributed by atoms with Crippen molar-refractivity contribution < 1.29 is 50.4 Å². The smallest absolute Gasteiger partial charge is 0.505 e. The van der Waals surface area contributed by atoms with Crippen LogP contribution in [0.5, 0.6) is 11.5 Å². The van der Waals surface area contributed by atoms with Gasteiger partial charge in [0.2, 0.25) is 0 Å². The fourth-order valence-electron chi connectivity index (χ4n) is 3.80. The summed E-state index contributed by atoms with van der Waals surface area (Å²) in [7, 11) is -4.38. The molecule has 0 spiro atoms. The van der Waals surface area contributed by atoms with Crippen LogP contribution in [0.4, 0.5) is 13.4 Å². The van der Waals surface area contributed by atoms with Crippen molar-refractivity contribution in [2.75, 3.05) is 46.7 Å². The number of halogens is 2. The number of rotatable bonds is 20. The molecule has 2 aromatic carbocycles. The highest BCUT2D eigenvalue weighted by Crippen LogP contribution is 2.23. The van der Waals surface area contributed by atoms with Crippen molar-refractivity contribution in [3.05, 3.63) is 65.7 Å². The molecule has 0 saturated heterocycles. The highest BCUT2D eigenvalue weighted by molar-refractivity contribution is 6.60. The summed E-state index contributed by atoms with van der Waals surface area (Å²) in [4.78, 5) is 24.7. The number of ether oxygens (including phenoxy) is 3. The van der Waals surface area contributed by atoms with E-state index in [4.69, 9.17) is 27.5 Å². The molecule has 0 atom stereocenters. The van der Waals surface area contributed by atoms with Gasteiger partial charge in [0.05, 0.1) is 7.11 Å². The Bertz CT molecular complexity index is 1100. The maximum absolute atomic E-state index is 13.0. The summed E-state index contributed by atoms with van der Waals surface area (Å²) < 4.78 is 63.6. The Morgan fingerprint density at radius 1 is 0.857 bits per heavy atom. The van der Waals surface area contributed by atoms with E-state index in [0.29, 0.717) is 55.9 Å². The molecule has 10 nitrogen and oxygen atoms in total. The summed E-state index contributed by atoms with van der Waals surface area (Å²) in [6.07, 6.45) is 1.03. The first-order valence-corrected chi connectivity index (χ1v) is 15.6. The Morgan fingerprint density at radius 3 is 1.98 bits per heavy atom. The van der Waals surface area contributed by atoms with Crippen molar-refractivity contribution in [1.29, 1.82) is 0 Å². The molecule has 14 heteroatoms. The predicted octanol–water partition coefficient (Wildman–Crippen LogP) is 5.40. The average molecular weight is 610 g/mol. The number of carbonyl (C=O) groups excluding carboxylic acids is 2. The molecule has 2 aromatic rings. The number of hydrogen-bond donors (Lipinski definition) is 1. The second-order valence-electron chi connectivity index (χ2n) is 8.50. The lowest BCUT2D eigenvalue weighted by Crippen LogP contribution is -2.46. The van der Waals surface area contributed by atoms with Crippen LogP contribution in [0.2, 0.25) is 6.04 Å². The summed E-state index contributed by atoms with van der Waals surface area (Å²) in [6.45, 7) is 7.57. The highest BCUT2D eigenvalue weighted by atomic mass is 28.4. The number of methoxy groups -OCH3 is 1. The number of nitrogens with one attached hydrogen (secondary N) is 1. The van der Waals surface area contributed by atoms with Crippen LogP contribution in [0, 0.1) is 0 Å². The second-order valence-corrected chi connectivity index (χ2v) is 11.2. The van der Waals surface area contributed by atoms with Crippen LogP contribution >= 0.6 is 0 Å². The Hall–Kier alpha value is -3.46. The number of allylic oxidation sites excluding steroid dienone is 1. The Morgan fingerprint density at radius 2 is 1.43 bits per heavy atom. The number of ketones is 1. The Balaban J connectivity index is 1.79. The van der Waals surface area contributed by atoms with Gasteiger partial charge in [-0.2, -0.15) is 0 Å². The van der Waals surface area contributed by atoms with E-state index < -0.39 is 28.2 Å². The third kappa shape index (κ3) is 12.2. The van der Waals surface area contributed by atoms with Crippen molar-refractivity contribution in [3.63, 3.8) is 0 Å². The Kier molecular flexibility index (Phi) is 15.6. The molecular weight excluding hydrogens is 571 g/mol. The molecule has 0 radical (unpaired) electrons. The van der Waals surface area contributed by atoms with Gasteiger partial charge in [0.1, 0.15) is 30.5 Å². The van der Waals surface area contributed by atoms with Crippen molar-refractivity contribution in [2.24, 2.45) is 0 Å². The topological polar surface area (TPSA) is 111 Å². The molecule has 0 fully saturated rings. The van der Waals surface area contributed by atoms with Crippen molar-refractivity contribution in [3.8, 4) is 11.5 Å². The molecule has 0 unspecified atom stereocenters. The van der Waals surface area contributed by atoms with Crippen LogP contribution in [0.25, 0.3) is 5.76 Å².